The Balaban J connectivity index is 1.86. The Hall–Kier alpha value is -1.79. The van der Waals surface area contributed by atoms with Gasteiger partial charge >= 0.3 is 0 Å². The second-order valence-electron chi connectivity index (χ2n) is 6.23. The largest absolute Gasteiger partial charge is 0.486 e. The van der Waals surface area contributed by atoms with E-state index in [1.54, 1.807) is 18.2 Å². The number of carbonyl (C=O) groups excluding carboxylic acids is 1. The van der Waals surface area contributed by atoms with Gasteiger partial charge < -0.3 is 4.74 Å². The van der Waals surface area contributed by atoms with Gasteiger partial charge in [0, 0.05) is 12.3 Å². The first-order valence-corrected chi connectivity index (χ1v) is 10.4. The molecule has 28 heavy (non-hydrogen) atoms. The lowest BCUT2D eigenvalue weighted by Gasteiger charge is -2.22. The van der Waals surface area contributed by atoms with Crippen molar-refractivity contribution in [3.05, 3.63) is 67.6 Å². The van der Waals surface area contributed by atoms with Crippen LogP contribution in [0.25, 0.3) is 0 Å². The SMILES string of the molecule is CC(=O)N(c1nc(COc2cccc(Cl)c2Cl)cs1)c1c(C)cc(C)cc1Cl. The lowest BCUT2D eigenvalue weighted by atomic mass is 10.1. The van der Waals surface area contributed by atoms with E-state index in [1.807, 2.05) is 31.4 Å². The zero-order valence-corrected chi connectivity index (χ0v) is 18.5. The van der Waals surface area contributed by atoms with E-state index in [9.17, 15) is 4.79 Å². The third kappa shape index (κ3) is 4.44. The summed E-state index contributed by atoms with van der Waals surface area (Å²) in [5.74, 6) is 0.304. The van der Waals surface area contributed by atoms with Crippen molar-refractivity contribution in [1.82, 2.24) is 4.98 Å². The second kappa shape index (κ2) is 8.70. The van der Waals surface area contributed by atoms with Gasteiger partial charge in [0.2, 0.25) is 5.91 Å². The zero-order chi connectivity index (χ0) is 20.4. The predicted octanol–water partition coefficient (Wildman–Crippen LogP) is 6.98. The maximum Gasteiger partial charge on any atom is 0.230 e. The third-order valence-corrected chi connectivity index (χ3v) is 5.92. The summed E-state index contributed by atoms with van der Waals surface area (Å²) in [5.41, 5.74) is 3.24. The molecule has 0 bridgehead atoms. The fourth-order valence-electron chi connectivity index (χ4n) is 2.79. The maximum atomic E-state index is 12.4. The molecule has 0 unspecified atom stereocenters. The first kappa shape index (κ1) is 20.9. The fraction of sp³-hybridized carbons (Fsp3) is 0.200. The molecule has 1 heterocycles. The van der Waals surface area contributed by atoms with Crippen molar-refractivity contribution >= 4 is 62.9 Å². The van der Waals surface area contributed by atoms with Crippen LogP contribution in [0.15, 0.2) is 35.7 Å². The van der Waals surface area contributed by atoms with E-state index in [1.165, 1.54) is 23.2 Å². The molecule has 3 rings (SSSR count). The Labute approximate surface area is 182 Å². The maximum absolute atomic E-state index is 12.4. The smallest absolute Gasteiger partial charge is 0.230 e. The summed E-state index contributed by atoms with van der Waals surface area (Å²) in [6.07, 6.45) is 0. The first-order valence-electron chi connectivity index (χ1n) is 8.36. The highest BCUT2D eigenvalue weighted by molar-refractivity contribution is 7.14. The molecule has 0 aliphatic carbocycles. The van der Waals surface area contributed by atoms with Crippen LogP contribution in [0.3, 0.4) is 0 Å². The van der Waals surface area contributed by atoms with Gasteiger partial charge in [0.25, 0.3) is 0 Å². The highest BCUT2D eigenvalue weighted by Crippen LogP contribution is 2.38. The van der Waals surface area contributed by atoms with Crippen LogP contribution in [0.5, 0.6) is 5.75 Å². The average molecular weight is 456 g/mol. The molecule has 0 fully saturated rings. The molecule has 0 N–H and O–H groups in total. The predicted molar refractivity (Wildman–Crippen MR) is 117 cm³/mol. The molecule has 0 radical (unpaired) electrons. The number of aromatic nitrogens is 1. The van der Waals surface area contributed by atoms with Crippen molar-refractivity contribution in [1.29, 1.82) is 0 Å². The van der Waals surface area contributed by atoms with Gasteiger partial charge in [0.05, 0.1) is 21.4 Å². The molecule has 0 atom stereocenters. The molecule has 1 aromatic heterocycles. The van der Waals surface area contributed by atoms with Crippen molar-refractivity contribution in [2.75, 3.05) is 4.90 Å². The Morgan fingerprint density at radius 1 is 1.18 bits per heavy atom. The summed E-state index contributed by atoms with van der Waals surface area (Å²) in [4.78, 5) is 18.4. The Morgan fingerprint density at radius 2 is 1.93 bits per heavy atom. The molecule has 8 heteroatoms. The Kier molecular flexibility index (Phi) is 6.50. The molecule has 3 aromatic rings. The molecule has 0 aliphatic heterocycles. The number of amides is 1. The van der Waals surface area contributed by atoms with Crippen LogP contribution in [0.2, 0.25) is 15.1 Å². The molecule has 1 amide bonds. The summed E-state index contributed by atoms with van der Waals surface area (Å²) in [5, 5.41) is 3.64. The number of hydrogen-bond donors (Lipinski definition) is 0. The van der Waals surface area contributed by atoms with Crippen molar-refractivity contribution in [2.45, 2.75) is 27.4 Å². The van der Waals surface area contributed by atoms with E-state index < -0.39 is 0 Å². The van der Waals surface area contributed by atoms with Crippen molar-refractivity contribution in [2.24, 2.45) is 0 Å². The monoisotopic (exact) mass is 454 g/mol. The van der Waals surface area contributed by atoms with E-state index in [0.29, 0.717) is 37.3 Å². The molecule has 0 aliphatic rings. The number of aryl methyl sites for hydroxylation is 2. The number of carbonyl (C=O) groups is 1. The standard InChI is InChI=1S/C20H17Cl3N2O2S/c1-11-7-12(2)19(16(22)8-11)25(13(3)26)20-24-14(10-28-20)9-27-17-6-4-5-15(21)18(17)23/h4-8,10H,9H2,1-3H3. The highest BCUT2D eigenvalue weighted by atomic mass is 35.5. The van der Waals surface area contributed by atoms with E-state index in [4.69, 9.17) is 39.5 Å². The Bertz CT molecular complexity index is 1010. The number of nitrogens with zero attached hydrogens (tertiary/aromatic N) is 2. The van der Waals surface area contributed by atoms with E-state index in [-0.39, 0.29) is 12.5 Å². The lowest BCUT2D eigenvalue weighted by molar-refractivity contribution is -0.115. The van der Waals surface area contributed by atoms with Gasteiger partial charge in [-0.1, -0.05) is 46.9 Å². The molecular weight excluding hydrogens is 439 g/mol. The van der Waals surface area contributed by atoms with Crippen molar-refractivity contribution < 1.29 is 9.53 Å². The average Bonchev–Trinajstić information content (AvgIpc) is 3.07. The van der Waals surface area contributed by atoms with Crippen molar-refractivity contribution in [3.63, 3.8) is 0 Å². The fourth-order valence-corrected chi connectivity index (χ4v) is 4.40. The first-order chi connectivity index (χ1) is 13.3. The van der Waals surface area contributed by atoms with Crippen LogP contribution >= 0.6 is 46.1 Å². The van der Waals surface area contributed by atoms with Gasteiger partial charge in [0.1, 0.15) is 17.4 Å². The molecule has 146 valence electrons. The number of thiazole rings is 1. The van der Waals surface area contributed by atoms with Gasteiger partial charge in [-0.15, -0.1) is 11.3 Å². The lowest BCUT2D eigenvalue weighted by Crippen LogP contribution is -2.24. The van der Waals surface area contributed by atoms with Gasteiger partial charge in [-0.25, -0.2) is 4.98 Å². The number of ether oxygens (including phenoxy) is 1. The van der Waals surface area contributed by atoms with Gasteiger partial charge in [-0.2, -0.15) is 0 Å². The summed E-state index contributed by atoms with van der Waals surface area (Å²) in [6, 6.07) is 9.00. The summed E-state index contributed by atoms with van der Waals surface area (Å²) in [7, 11) is 0. The van der Waals surface area contributed by atoms with Gasteiger partial charge in [-0.05, 0) is 43.2 Å². The summed E-state index contributed by atoms with van der Waals surface area (Å²) >= 11 is 19.9. The third-order valence-electron chi connectivity index (χ3n) is 3.96. The van der Waals surface area contributed by atoms with E-state index in [0.717, 1.165) is 11.1 Å². The van der Waals surface area contributed by atoms with Crippen molar-refractivity contribution in [3.8, 4) is 5.75 Å². The van der Waals surface area contributed by atoms with E-state index in [2.05, 4.69) is 4.98 Å². The molecule has 0 saturated carbocycles. The van der Waals surface area contributed by atoms with E-state index >= 15 is 0 Å². The molecule has 4 nitrogen and oxygen atoms in total. The van der Waals surface area contributed by atoms with Gasteiger partial charge in [0.15, 0.2) is 5.13 Å². The molecule has 0 saturated heterocycles. The van der Waals surface area contributed by atoms with Crippen LogP contribution in [0.4, 0.5) is 10.8 Å². The Morgan fingerprint density at radius 3 is 2.61 bits per heavy atom. The quantitative estimate of drug-likeness (QED) is 0.416. The van der Waals surface area contributed by atoms with Crippen LogP contribution in [0.1, 0.15) is 23.7 Å². The number of benzene rings is 2. The second-order valence-corrected chi connectivity index (χ2v) is 8.26. The number of hydrogen-bond acceptors (Lipinski definition) is 4. The number of rotatable bonds is 5. The number of halogens is 3. The van der Waals surface area contributed by atoms with Crippen LogP contribution in [-0.2, 0) is 11.4 Å². The minimum absolute atomic E-state index is 0.173. The molecule has 2 aromatic carbocycles. The minimum Gasteiger partial charge on any atom is -0.486 e. The molecule has 0 spiro atoms. The zero-order valence-electron chi connectivity index (χ0n) is 15.4. The summed E-state index contributed by atoms with van der Waals surface area (Å²) < 4.78 is 5.72. The molecular formula is C20H17Cl3N2O2S. The number of anilines is 2. The van der Waals surface area contributed by atoms with Crippen LogP contribution < -0.4 is 9.64 Å². The highest BCUT2D eigenvalue weighted by Gasteiger charge is 2.22. The normalized spacial score (nSPS) is 10.8. The summed E-state index contributed by atoms with van der Waals surface area (Å²) in [6.45, 7) is 5.56. The van der Waals surface area contributed by atoms with Crippen LogP contribution in [-0.4, -0.2) is 10.9 Å². The van der Waals surface area contributed by atoms with Crippen LogP contribution in [0, 0.1) is 13.8 Å². The topological polar surface area (TPSA) is 42.4 Å². The van der Waals surface area contributed by atoms with Gasteiger partial charge in [-0.3, -0.25) is 9.69 Å². The minimum atomic E-state index is -0.173.